The molecule has 0 atom stereocenters. The molecule has 0 aromatic heterocycles. The molecule has 0 aliphatic heterocycles. The van der Waals surface area contributed by atoms with Crippen LogP contribution in [0, 0.1) is 0 Å². The number of nitrogens with two attached hydrogens (primary N) is 1. The van der Waals surface area contributed by atoms with Crippen LogP contribution in [0.25, 0.3) is 0 Å². The van der Waals surface area contributed by atoms with Crippen LogP contribution in [0.2, 0.25) is 5.02 Å². The van der Waals surface area contributed by atoms with Gasteiger partial charge in [0.05, 0.1) is 5.56 Å². The topological polar surface area (TPSA) is 70.6 Å². The minimum Gasteiger partial charge on any atom is -0.409 e. The molecule has 1 aromatic rings. The molecular weight excluding hydrogens is 295 g/mol. The minimum absolute atomic E-state index is 0.0268. The molecular formula is C12H15ClF3N3O. The lowest BCUT2D eigenvalue weighted by molar-refractivity contribution is -0.137. The van der Waals surface area contributed by atoms with Crippen molar-refractivity contribution in [2.75, 3.05) is 11.9 Å². The molecule has 0 aliphatic carbocycles. The van der Waals surface area contributed by atoms with Gasteiger partial charge in [0.25, 0.3) is 0 Å². The number of amidine groups is 1. The highest BCUT2D eigenvalue weighted by atomic mass is 35.5. The second kappa shape index (κ2) is 7.23. The van der Waals surface area contributed by atoms with Crippen LogP contribution in [-0.2, 0) is 6.18 Å². The highest BCUT2D eigenvalue weighted by Gasteiger charge is 2.31. The fourth-order valence-corrected chi connectivity index (χ4v) is 1.80. The second-order valence-corrected chi connectivity index (χ2v) is 4.64. The maximum atomic E-state index is 12.6. The van der Waals surface area contributed by atoms with E-state index in [1.165, 1.54) is 6.07 Å². The molecule has 0 heterocycles. The summed E-state index contributed by atoms with van der Waals surface area (Å²) < 4.78 is 37.7. The Morgan fingerprint density at radius 2 is 2.00 bits per heavy atom. The van der Waals surface area contributed by atoms with E-state index >= 15 is 0 Å². The summed E-state index contributed by atoms with van der Waals surface area (Å²) in [6, 6.07) is 3.32. The number of hydrogen-bond acceptors (Lipinski definition) is 3. The number of hydrogen-bond donors (Lipinski definition) is 3. The second-order valence-electron chi connectivity index (χ2n) is 4.20. The number of oxime groups is 1. The molecule has 0 saturated carbocycles. The highest BCUT2D eigenvalue weighted by molar-refractivity contribution is 6.30. The lowest BCUT2D eigenvalue weighted by atomic mass is 10.2. The van der Waals surface area contributed by atoms with E-state index in [2.05, 4.69) is 10.5 Å². The molecule has 1 rings (SSSR count). The van der Waals surface area contributed by atoms with Crippen LogP contribution in [0.3, 0.4) is 0 Å². The molecule has 0 radical (unpaired) electrons. The summed E-state index contributed by atoms with van der Waals surface area (Å²) in [6.45, 7) is 0.469. The van der Waals surface area contributed by atoms with Gasteiger partial charge in [0.1, 0.15) is 5.84 Å². The van der Waals surface area contributed by atoms with E-state index in [9.17, 15) is 13.2 Å². The van der Waals surface area contributed by atoms with Crippen molar-refractivity contribution in [1.82, 2.24) is 0 Å². The minimum atomic E-state index is -4.42. The van der Waals surface area contributed by atoms with E-state index in [0.717, 1.165) is 12.1 Å². The van der Waals surface area contributed by atoms with Crippen LogP contribution in [0.4, 0.5) is 18.9 Å². The van der Waals surface area contributed by atoms with E-state index < -0.39 is 11.7 Å². The first-order valence-electron chi connectivity index (χ1n) is 5.91. The van der Waals surface area contributed by atoms with Crippen molar-refractivity contribution in [3.8, 4) is 0 Å². The summed E-state index contributed by atoms with van der Waals surface area (Å²) in [7, 11) is 0. The van der Waals surface area contributed by atoms with Crippen LogP contribution in [0.15, 0.2) is 23.4 Å². The summed E-state index contributed by atoms with van der Waals surface area (Å²) in [4.78, 5) is 0. The van der Waals surface area contributed by atoms with Crippen molar-refractivity contribution in [2.45, 2.75) is 25.4 Å². The lowest BCUT2D eigenvalue weighted by Crippen LogP contribution is -2.12. The largest absolute Gasteiger partial charge is 0.416 e. The van der Waals surface area contributed by atoms with Crippen molar-refractivity contribution in [3.05, 3.63) is 28.8 Å². The Labute approximate surface area is 119 Å². The zero-order chi connectivity index (χ0) is 15.2. The van der Waals surface area contributed by atoms with E-state index in [4.69, 9.17) is 22.5 Å². The Bertz CT molecular complexity index is 478. The number of halogens is 4. The Morgan fingerprint density at radius 1 is 1.30 bits per heavy atom. The highest BCUT2D eigenvalue weighted by Crippen LogP contribution is 2.33. The van der Waals surface area contributed by atoms with Crippen LogP contribution in [0.5, 0.6) is 0 Å². The zero-order valence-electron chi connectivity index (χ0n) is 10.5. The van der Waals surface area contributed by atoms with Gasteiger partial charge in [-0.15, -0.1) is 0 Å². The number of anilines is 1. The van der Waals surface area contributed by atoms with Crippen molar-refractivity contribution in [3.63, 3.8) is 0 Å². The van der Waals surface area contributed by atoms with Crippen molar-refractivity contribution in [1.29, 1.82) is 0 Å². The Balaban J connectivity index is 2.50. The molecule has 112 valence electrons. The third kappa shape index (κ3) is 5.56. The molecule has 0 bridgehead atoms. The fourth-order valence-electron chi connectivity index (χ4n) is 1.57. The maximum absolute atomic E-state index is 12.6. The summed E-state index contributed by atoms with van der Waals surface area (Å²) in [5.41, 5.74) is 4.82. The fraction of sp³-hybridized carbons (Fsp3) is 0.417. The Hall–Kier alpha value is -1.63. The van der Waals surface area contributed by atoms with Crippen LogP contribution in [-0.4, -0.2) is 17.6 Å². The van der Waals surface area contributed by atoms with Crippen molar-refractivity contribution >= 4 is 23.1 Å². The quantitative estimate of drug-likeness (QED) is 0.247. The van der Waals surface area contributed by atoms with Gasteiger partial charge in [-0.25, -0.2) is 0 Å². The summed E-state index contributed by atoms with van der Waals surface area (Å²) in [5.74, 6) is 0.132. The van der Waals surface area contributed by atoms with Gasteiger partial charge in [0.15, 0.2) is 0 Å². The molecule has 0 aliphatic rings. The number of rotatable bonds is 6. The summed E-state index contributed by atoms with van der Waals surface area (Å²) in [6.07, 6.45) is -2.66. The molecule has 1 aromatic carbocycles. The van der Waals surface area contributed by atoms with Gasteiger partial charge in [-0.2, -0.15) is 13.2 Å². The van der Waals surface area contributed by atoms with Gasteiger partial charge in [-0.1, -0.05) is 16.8 Å². The predicted molar refractivity (Wildman–Crippen MR) is 72.2 cm³/mol. The molecule has 0 fully saturated rings. The van der Waals surface area contributed by atoms with Gasteiger partial charge in [-0.3, -0.25) is 0 Å². The van der Waals surface area contributed by atoms with Crippen molar-refractivity contribution in [2.24, 2.45) is 10.9 Å². The van der Waals surface area contributed by atoms with Crippen molar-refractivity contribution < 1.29 is 18.4 Å². The SMILES string of the molecule is N/C(CCCCNc1cc(Cl)cc(C(F)(F)F)c1)=N/O. The van der Waals surface area contributed by atoms with Gasteiger partial charge >= 0.3 is 6.18 Å². The van der Waals surface area contributed by atoms with Crippen LogP contribution >= 0.6 is 11.6 Å². The molecule has 4 nitrogen and oxygen atoms in total. The Morgan fingerprint density at radius 3 is 2.60 bits per heavy atom. The summed E-state index contributed by atoms with van der Waals surface area (Å²) in [5, 5.41) is 14.0. The van der Waals surface area contributed by atoms with Gasteiger partial charge in [-0.05, 0) is 31.0 Å². The number of nitrogens with zero attached hydrogens (tertiary/aromatic N) is 1. The zero-order valence-corrected chi connectivity index (χ0v) is 11.3. The van der Waals surface area contributed by atoms with Gasteiger partial charge < -0.3 is 16.3 Å². The maximum Gasteiger partial charge on any atom is 0.416 e. The van der Waals surface area contributed by atoms with E-state index in [-0.39, 0.29) is 10.9 Å². The van der Waals surface area contributed by atoms with Crippen LogP contribution < -0.4 is 11.1 Å². The first kappa shape index (κ1) is 16.4. The average molecular weight is 310 g/mol. The normalized spacial score (nSPS) is 12.5. The van der Waals surface area contributed by atoms with Gasteiger partial charge in [0, 0.05) is 23.7 Å². The standard InChI is InChI=1S/C12H15ClF3N3O/c13-9-5-8(12(14,15)16)6-10(7-9)18-4-2-1-3-11(17)19-20/h5-7,18,20H,1-4H2,(H2,17,19). The summed E-state index contributed by atoms with van der Waals surface area (Å²) >= 11 is 5.66. The smallest absolute Gasteiger partial charge is 0.409 e. The number of alkyl halides is 3. The lowest BCUT2D eigenvalue weighted by Gasteiger charge is -2.11. The molecule has 20 heavy (non-hydrogen) atoms. The number of unbranched alkanes of at least 4 members (excludes halogenated alkanes) is 1. The van der Waals surface area contributed by atoms with Crippen LogP contribution in [0.1, 0.15) is 24.8 Å². The predicted octanol–water partition coefficient (Wildman–Crippen LogP) is 3.69. The third-order valence-corrected chi connectivity index (χ3v) is 2.76. The first-order chi connectivity index (χ1) is 9.32. The van der Waals surface area contributed by atoms with E-state index in [1.54, 1.807) is 0 Å². The number of benzene rings is 1. The third-order valence-electron chi connectivity index (χ3n) is 2.54. The number of nitrogens with one attached hydrogen (secondary N) is 1. The van der Waals surface area contributed by atoms with E-state index in [1.807, 2.05) is 0 Å². The molecule has 0 unspecified atom stereocenters. The first-order valence-corrected chi connectivity index (χ1v) is 6.29. The Kier molecular flexibility index (Phi) is 5.94. The molecule has 8 heteroatoms. The van der Waals surface area contributed by atoms with Gasteiger partial charge in [0.2, 0.25) is 0 Å². The van der Waals surface area contributed by atoms with E-state index in [0.29, 0.717) is 31.5 Å². The molecule has 4 N–H and O–H groups in total. The molecule has 0 amide bonds. The monoisotopic (exact) mass is 309 g/mol. The molecule has 0 spiro atoms. The average Bonchev–Trinajstić information content (AvgIpc) is 2.36. The molecule has 0 saturated heterocycles.